The average Bonchev–Trinajstić information content (AvgIpc) is 2.60. The fraction of sp³-hybridized carbons (Fsp3) is 0.476. The van der Waals surface area contributed by atoms with Gasteiger partial charge in [0.2, 0.25) is 0 Å². The van der Waals surface area contributed by atoms with Crippen LogP contribution in [0, 0.1) is 5.92 Å². The van der Waals surface area contributed by atoms with E-state index in [1.807, 2.05) is 45.0 Å². The van der Waals surface area contributed by atoms with Crippen LogP contribution in [0.1, 0.15) is 51.5 Å². The Morgan fingerprint density at radius 2 is 1.96 bits per heavy atom. The molecule has 0 fully saturated rings. The van der Waals surface area contributed by atoms with Crippen LogP contribution in [-0.4, -0.2) is 30.7 Å². The quantitative estimate of drug-likeness (QED) is 0.770. The summed E-state index contributed by atoms with van der Waals surface area (Å²) in [7, 11) is 1.60. The zero-order valence-corrected chi connectivity index (χ0v) is 15.7. The van der Waals surface area contributed by atoms with Crippen LogP contribution >= 0.6 is 0 Å². The molecule has 0 radical (unpaired) electrons. The number of rotatable bonds is 4. The summed E-state index contributed by atoms with van der Waals surface area (Å²) in [6.45, 7) is 5.49. The number of esters is 1. The third-order valence-electron chi connectivity index (χ3n) is 4.91. The van der Waals surface area contributed by atoms with Gasteiger partial charge < -0.3 is 9.47 Å². The monoisotopic (exact) mass is 355 g/mol. The van der Waals surface area contributed by atoms with E-state index in [-0.39, 0.29) is 17.9 Å². The second-order valence-corrected chi connectivity index (χ2v) is 7.07. The van der Waals surface area contributed by atoms with Gasteiger partial charge in [0, 0.05) is 34.9 Å². The van der Waals surface area contributed by atoms with Gasteiger partial charge in [-0.25, -0.2) is 0 Å². The maximum Gasteiger partial charge on any atom is 0.315 e. The number of methoxy groups -OCH3 is 1. The number of aliphatic imine (C=N–C) groups is 1. The molecule has 138 valence electrons. The van der Waals surface area contributed by atoms with Crippen molar-refractivity contribution in [3.8, 4) is 5.75 Å². The number of hydrogen-bond acceptors (Lipinski definition) is 5. The van der Waals surface area contributed by atoms with Crippen molar-refractivity contribution in [2.75, 3.05) is 7.11 Å². The summed E-state index contributed by atoms with van der Waals surface area (Å²) in [4.78, 5) is 30.3. The standard InChI is InChI=1S/C21H25NO4/c1-12(2)26-21(24)18-13(3)22-15-9-7-10-16(23)20(15)19(18)14-8-5-6-11-17(14)25-4/h5-6,8,11-12,18-19H,7,9-10H2,1-4H3/t18?,19-/m1/s1. The Morgan fingerprint density at radius 3 is 2.65 bits per heavy atom. The fourth-order valence-electron chi connectivity index (χ4n) is 3.88. The molecule has 1 aliphatic heterocycles. The van der Waals surface area contributed by atoms with Gasteiger partial charge in [0.25, 0.3) is 0 Å². The summed E-state index contributed by atoms with van der Waals surface area (Å²) in [5, 5.41) is 0. The first-order chi connectivity index (χ1) is 12.4. The molecule has 0 spiro atoms. The second-order valence-electron chi connectivity index (χ2n) is 7.07. The Kier molecular flexibility index (Phi) is 5.25. The van der Waals surface area contributed by atoms with E-state index in [1.165, 1.54) is 0 Å². The molecule has 0 amide bonds. The van der Waals surface area contributed by atoms with Gasteiger partial charge >= 0.3 is 5.97 Å². The van der Waals surface area contributed by atoms with Crippen LogP contribution in [-0.2, 0) is 14.3 Å². The average molecular weight is 355 g/mol. The van der Waals surface area contributed by atoms with Crippen molar-refractivity contribution >= 4 is 17.5 Å². The molecule has 0 bridgehead atoms. The first kappa shape index (κ1) is 18.4. The summed E-state index contributed by atoms with van der Waals surface area (Å²) in [6, 6.07) is 7.56. The number of hydrogen-bond donors (Lipinski definition) is 0. The van der Waals surface area contributed by atoms with Crippen LogP contribution in [0.5, 0.6) is 5.75 Å². The van der Waals surface area contributed by atoms with Crippen LogP contribution in [0.15, 0.2) is 40.5 Å². The predicted octanol–water partition coefficient (Wildman–Crippen LogP) is 3.83. The van der Waals surface area contributed by atoms with E-state index in [9.17, 15) is 9.59 Å². The highest BCUT2D eigenvalue weighted by Crippen LogP contribution is 2.46. The van der Waals surface area contributed by atoms with Crippen LogP contribution < -0.4 is 4.74 Å². The summed E-state index contributed by atoms with van der Waals surface area (Å²) >= 11 is 0. The van der Waals surface area contributed by atoms with E-state index in [4.69, 9.17) is 9.47 Å². The second kappa shape index (κ2) is 7.44. The van der Waals surface area contributed by atoms with E-state index in [1.54, 1.807) is 7.11 Å². The summed E-state index contributed by atoms with van der Waals surface area (Å²) in [5.41, 5.74) is 2.98. The molecule has 0 N–H and O–H groups in total. The Bertz CT molecular complexity index is 791. The molecule has 1 aliphatic carbocycles. The Morgan fingerprint density at radius 1 is 1.23 bits per heavy atom. The lowest BCUT2D eigenvalue weighted by molar-refractivity contribution is -0.150. The van der Waals surface area contributed by atoms with Gasteiger partial charge in [0.05, 0.1) is 13.2 Å². The summed E-state index contributed by atoms with van der Waals surface area (Å²) in [5.74, 6) is -0.644. The first-order valence-electron chi connectivity index (χ1n) is 9.08. The van der Waals surface area contributed by atoms with Crippen LogP contribution in [0.2, 0.25) is 0 Å². The number of ketones is 1. The predicted molar refractivity (Wildman–Crippen MR) is 99.4 cm³/mol. The first-order valence-corrected chi connectivity index (χ1v) is 9.08. The van der Waals surface area contributed by atoms with Crippen molar-refractivity contribution in [1.82, 2.24) is 0 Å². The SMILES string of the molecule is COc1ccccc1[C@H]1C2=C(CCCC2=O)N=C(C)C1C(=O)OC(C)C. The van der Waals surface area contributed by atoms with Crippen molar-refractivity contribution in [3.63, 3.8) is 0 Å². The number of para-hydroxylation sites is 1. The normalized spacial score (nSPS) is 22.8. The van der Waals surface area contributed by atoms with Crippen molar-refractivity contribution in [1.29, 1.82) is 0 Å². The lowest BCUT2D eigenvalue weighted by atomic mass is 9.71. The number of nitrogens with zero attached hydrogens (tertiary/aromatic N) is 1. The fourth-order valence-corrected chi connectivity index (χ4v) is 3.88. The van der Waals surface area contributed by atoms with Crippen molar-refractivity contribution < 1.29 is 19.1 Å². The molecule has 1 aromatic carbocycles. The lowest BCUT2D eigenvalue weighted by Gasteiger charge is -2.35. The van der Waals surface area contributed by atoms with Gasteiger partial charge in [-0.3, -0.25) is 14.6 Å². The molecule has 1 unspecified atom stereocenters. The molecular weight excluding hydrogens is 330 g/mol. The minimum absolute atomic E-state index is 0.0701. The highest BCUT2D eigenvalue weighted by molar-refractivity contribution is 6.09. The Labute approximate surface area is 154 Å². The van der Waals surface area contributed by atoms with E-state index >= 15 is 0 Å². The topological polar surface area (TPSA) is 65.0 Å². The summed E-state index contributed by atoms with van der Waals surface area (Å²) in [6.07, 6.45) is 1.82. The molecule has 1 heterocycles. The molecule has 0 saturated carbocycles. The third kappa shape index (κ3) is 3.30. The maximum absolute atomic E-state index is 12.9. The maximum atomic E-state index is 12.9. The number of allylic oxidation sites excluding steroid dienone is 2. The van der Waals surface area contributed by atoms with E-state index in [0.717, 1.165) is 24.1 Å². The number of carbonyl (C=O) groups is 2. The molecule has 5 nitrogen and oxygen atoms in total. The van der Waals surface area contributed by atoms with Crippen LogP contribution in [0.3, 0.4) is 0 Å². The number of carbonyl (C=O) groups excluding carboxylic acids is 2. The van der Waals surface area contributed by atoms with Crippen molar-refractivity contribution in [3.05, 3.63) is 41.1 Å². The van der Waals surface area contributed by atoms with E-state index < -0.39 is 11.8 Å². The van der Waals surface area contributed by atoms with Crippen LogP contribution in [0.25, 0.3) is 0 Å². The Balaban J connectivity index is 2.17. The minimum Gasteiger partial charge on any atom is -0.496 e. The molecule has 3 rings (SSSR count). The summed E-state index contributed by atoms with van der Waals surface area (Å²) < 4.78 is 11.0. The molecule has 0 saturated heterocycles. The van der Waals surface area contributed by atoms with E-state index in [2.05, 4.69) is 4.99 Å². The largest absolute Gasteiger partial charge is 0.496 e. The number of ether oxygens (including phenoxy) is 2. The van der Waals surface area contributed by atoms with Crippen molar-refractivity contribution in [2.45, 2.75) is 52.1 Å². The molecular formula is C21H25NO4. The van der Waals surface area contributed by atoms with Gasteiger partial charge in [0.15, 0.2) is 5.78 Å². The highest BCUT2D eigenvalue weighted by atomic mass is 16.5. The van der Waals surface area contributed by atoms with Gasteiger partial charge in [-0.05, 0) is 39.7 Å². The smallest absolute Gasteiger partial charge is 0.315 e. The highest BCUT2D eigenvalue weighted by Gasteiger charge is 2.44. The van der Waals surface area contributed by atoms with Crippen LogP contribution in [0.4, 0.5) is 0 Å². The van der Waals surface area contributed by atoms with E-state index in [0.29, 0.717) is 23.5 Å². The van der Waals surface area contributed by atoms with Gasteiger partial charge in [0.1, 0.15) is 11.7 Å². The molecule has 2 aliphatic rings. The molecule has 2 atom stereocenters. The minimum atomic E-state index is -0.616. The van der Waals surface area contributed by atoms with Gasteiger partial charge in [-0.1, -0.05) is 18.2 Å². The molecule has 5 heteroatoms. The van der Waals surface area contributed by atoms with Gasteiger partial charge in [-0.2, -0.15) is 0 Å². The van der Waals surface area contributed by atoms with Gasteiger partial charge in [-0.15, -0.1) is 0 Å². The zero-order valence-electron chi connectivity index (χ0n) is 15.7. The molecule has 0 aromatic heterocycles. The lowest BCUT2D eigenvalue weighted by Crippen LogP contribution is -2.38. The van der Waals surface area contributed by atoms with Crippen molar-refractivity contribution in [2.24, 2.45) is 10.9 Å². The Hall–Kier alpha value is -2.43. The third-order valence-corrected chi connectivity index (χ3v) is 4.91. The molecule has 1 aromatic rings. The number of benzene rings is 1. The number of Topliss-reactive ketones (excluding diaryl/α,β-unsaturated/α-hetero) is 1. The zero-order chi connectivity index (χ0) is 18.8. The molecule has 26 heavy (non-hydrogen) atoms.